The van der Waals surface area contributed by atoms with Crippen molar-refractivity contribution in [3.05, 3.63) is 51.8 Å². The predicted octanol–water partition coefficient (Wildman–Crippen LogP) is 2.75. The maximum Gasteiger partial charge on any atom is 0.308 e. The Morgan fingerprint density at radius 2 is 2.04 bits per heavy atom. The van der Waals surface area contributed by atoms with Crippen molar-refractivity contribution in [1.29, 1.82) is 0 Å². The van der Waals surface area contributed by atoms with E-state index in [0.717, 1.165) is 11.3 Å². The molecule has 0 radical (unpaired) electrons. The Kier molecular flexibility index (Phi) is 4.81. The van der Waals surface area contributed by atoms with Crippen molar-refractivity contribution in [2.24, 2.45) is 5.92 Å². The number of aliphatic carboxylic acids is 1. The summed E-state index contributed by atoms with van der Waals surface area (Å²) < 4.78 is 1.77. The van der Waals surface area contributed by atoms with Crippen LogP contribution < -0.4 is 0 Å². The molecule has 132 valence electrons. The molecule has 25 heavy (non-hydrogen) atoms. The molecule has 2 aromatic rings. The molecule has 1 aromatic carbocycles. The first-order valence-electron chi connectivity index (χ1n) is 8.18. The Bertz CT molecular complexity index is 831. The highest BCUT2D eigenvalue weighted by atomic mass is 35.5. The van der Waals surface area contributed by atoms with Crippen LogP contribution in [0, 0.1) is 19.8 Å². The number of aromatic nitrogens is 2. The van der Waals surface area contributed by atoms with Gasteiger partial charge in [0.05, 0.1) is 23.7 Å². The molecule has 1 aliphatic rings. The Morgan fingerprint density at radius 1 is 1.32 bits per heavy atom. The van der Waals surface area contributed by atoms with Crippen LogP contribution in [0.5, 0.6) is 0 Å². The second-order valence-corrected chi connectivity index (χ2v) is 6.78. The summed E-state index contributed by atoms with van der Waals surface area (Å²) in [4.78, 5) is 25.6. The molecule has 0 spiro atoms. The maximum absolute atomic E-state index is 12.8. The van der Waals surface area contributed by atoms with Gasteiger partial charge in [0.2, 0.25) is 0 Å². The zero-order valence-corrected chi connectivity index (χ0v) is 15.0. The Morgan fingerprint density at radius 3 is 2.68 bits per heavy atom. The van der Waals surface area contributed by atoms with Crippen LogP contribution in [0.3, 0.4) is 0 Å². The monoisotopic (exact) mass is 361 g/mol. The van der Waals surface area contributed by atoms with E-state index < -0.39 is 11.9 Å². The predicted molar refractivity (Wildman–Crippen MR) is 93.9 cm³/mol. The minimum absolute atomic E-state index is 0.149. The topological polar surface area (TPSA) is 75.4 Å². The molecular weight excluding hydrogens is 342 g/mol. The number of carboxylic acids is 1. The third-order valence-electron chi connectivity index (χ3n) is 4.70. The van der Waals surface area contributed by atoms with E-state index in [-0.39, 0.29) is 12.5 Å². The summed E-state index contributed by atoms with van der Waals surface area (Å²) in [5, 5.41) is 14.3. The van der Waals surface area contributed by atoms with Gasteiger partial charge in [0.25, 0.3) is 5.91 Å². The van der Waals surface area contributed by atoms with Gasteiger partial charge in [-0.25, -0.2) is 0 Å². The number of likely N-dealkylation sites (tertiary alicyclic amines) is 1. The normalized spacial score (nSPS) is 17.1. The third kappa shape index (κ3) is 3.39. The Balaban J connectivity index is 1.84. The maximum atomic E-state index is 12.8. The van der Waals surface area contributed by atoms with Crippen LogP contribution in [0.25, 0.3) is 0 Å². The highest BCUT2D eigenvalue weighted by Crippen LogP contribution is 2.23. The number of carboxylic acid groups (broad SMARTS) is 1. The Labute approximate surface area is 151 Å². The largest absolute Gasteiger partial charge is 0.481 e. The van der Waals surface area contributed by atoms with E-state index in [4.69, 9.17) is 16.7 Å². The molecule has 1 atom stereocenters. The fourth-order valence-electron chi connectivity index (χ4n) is 3.25. The zero-order chi connectivity index (χ0) is 18.1. The molecule has 1 unspecified atom stereocenters. The van der Waals surface area contributed by atoms with Gasteiger partial charge in [-0.15, -0.1) is 0 Å². The smallest absolute Gasteiger partial charge is 0.308 e. The standard InChI is InChI=1S/C18H20ClN3O3/c1-11-16(17(23)21-8-7-14(9-21)18(24)25)12(2)22(20-11)10-13-5-3-4-6-15(13)19/h3-6,14H,7-10H2,1-2H3,(H,24,25). The van der Waals surface area contributed by atoms with Gasteiger partial charge in [0.1, 0.15) is 0 Å². The lowest BCUT2D eigenvalue weighted by atomic mass is 10.1. The van der Waals surface area contributed by atoms with Crippen LogP contribution in [-0.4, -0.2) is 44.8 Å². The van der Waals surface area contributed by atoms with Crippen molar-refractivity contribution < 1.29 is 14.7 Å². The number of hydrogen-bond donors (Lipinski definition) is 1. The van der Waals surface area contributed by atoms with Gasteiger partial charge in [-0.05, 0) is 31.9 Å². The number of carbonyl (C=O) groups excluding carboxylic acids is 1. The van der Waals surface area contributed by atoms with Gasteiger partial charge in [0.15, 0.2) is 0 Å². The summed E-state index contributed by atoms with van der Waals surface area (Å²) in [6.07, 6.45) is 0.493. The molecule has 3 rings (SSSR count). The van der Waals surface area contributed by atoms with E-state index in [0.29, 0.717) is 35.8 Å². The van der Waals surface area contributed by atoms with Crippen LogP contribution in [0.15, 0.2) is 24.3 Å². The van der Waals surface area contributed by atoms with E-state index in [1.807, 2.05) is 31.2 Å². The minimum atomic E-state index is -0.849. The van der Waals surface area contributed by atoms with Crippen LogP contribution >= 0.6 is 11.6 Å². The van der Waals surface area contributed by atoms with Crippen molar-refractivity contribution >= 4 is 23.5 Å². The van der Waals surface area contributed by atoms with Crippen LogP contribution in [-0.2, 0) is 11.3 Å². The third-order valence-corrected chi connectivity index (χ3v) is 5.07. The lowest BCUT2D eigenvalue weighted by Crippen LogP contribution is -2.30. The number of rotatable bonds is 4. The number of carbonyl (C=O) groups is 2. The fourth-order valence-corrected chi connectivity index (χ4v) is 3.45. The van der Waals surface area contributed by atoms with E-state index >= 15 is 0 Å². The average molecular weight is 362 g/mol. The van der Waals surface area contributed by atoms with Gasteiger partial charge in [0, 0.05) is 23.8 Å². The van der Waals surface area contributed by atoms with Crippen molar-refractivity contribution in [3.63, 3.8) is 0 Å². The summed E-state index contributed by atoms with van der Waals surface area (Å²) in [7, 11) is 0. The van der Waals surface area contributed by atoms with E-state index in [1.54, 1.807) is 16.5 Å². The fraction of sp³-hybridized carbons (Fsp3) is 0.389. The van der Waals surface area contributed by atoms with E-state index in [2.05, 4.69) is 5.10 Å². The SMILES string of the molecule is Cc1nn(Cc2ccccc2Cl)c(C)c1C(=O)N1CCC(C(=O)O)C1. The molecule has 1 N–H and O–H groups in total. The molecule has 0 bridgehead atoms. The first-order chi connectivity index (χ1) is 11.9. The average Bonchev–Trinajstić information content (AvgIpc) is 3.15. The molecule has 1 aliphatic heterocycles. The Hall–Kier alpha value is -2.34. The quantitative estimate of drug-likeness (QED) is 0.908. The summed E-state index contributed by atoms with van der Waals surface area (Å²) in [5.41, 5.74) is 2.90. The van der Waals surface area contributed by atoms with Crippen molar-refractivity contribution in [2.45, 2.75) is 26.8 Å². The molecule has 0 aliphatic carbocycles. The number of halogens is 1. The van der Waals surface area contributed by atoms with Gasteiger partial charge in [-0.2, -0.15) is 5.10 Å². The van der Waals surface area contributed by atoms with Gasteiger partial charge < -0.3 is 10.0 Å². The number of benzene rings is 1. The van der Waals surface area contributed by atoms with E-state index in [9.17, 15) is 9.59 Å². The molecule has 1 fully saturated rings. The van der Waals surface area contributed by atoms with Crippen molar-refractivity contribution in [2.75, 3.05) is 13.1 Å². The number of amides is 1. The molecule has 1 amide bonds. The van der Waals surface area contributed by atoms with Crippen molar-refractivity contribution in [1.82, 2.24) is 14.7 Å². The van der Waals surface area contributed by atoms with Gasteiger partial charge in [-0.1, -0.05) is 29.8 Å². The lowest BCUT2D eigenvalue weighted by molar-refractivity contribution is -0.141. The van der Waals surface area contributed by atoms with Crippen LogP contribution in [0.4, 0.5) is 0 Å². The first-order valence-corrected chi connectivity index (χ1v) is 8.55. The number of hydrogen-bond acceptors (Lipinski definition) is 3. The second-order valence-electron chi connectivity index (χ2n) is 6.37. The molecule has 1 saturated heterocycles. The number of nitrogens with zero attached hydrogens (tertiary/aromatic N) is 3. The summed E-state index contributed by atoms with van der Waals surface area (Å²) in [6.45, 7) is 4.85. The second kappa shape index (κ2) is 6.88. The first kappa shape index (κ1) is 17.5. The highest BCUT2D eigenvalue weighted by Gasteiger charge is 2.33. The molecule has 2 heterocycles. The number of aryl methyl sites for hydroxylation is 1. The summed E-state index contributed by atoms with van der Waals surface area (Å²) in [5.74, 6) is -1.48. The summed E-state index contributed by atoms with van der Waals surface area (Å²) in [6, 6.07) is 7.53. The zero-order valence-electron chi connectivity index (χ0n) is 14.2. The van der Waals surface area contributed by atoms with Crippen LogP contribution in [0.2, 0.25) is 5.02 Å². The minimum Gasteiger partial charge on any atom is -0.481 e. The molecule has 7 heteroatoms. The van der Waals surface area contributed by atoms with Gasteiger partial charge >= 0.3 is 5.97 Å². The molecule has 1 aromatic heterocycles. The lowest BCUT2D eigenvalue weighted by Gasteiger charge is -2.16. The van der Waals surface area contributed by atoms with Crippen LogP contribution in [0.1, 0.15) is 33.7 Å². The van der Waals surface area contributed by atoms with E-state index in [1.165, 1.54) is 0 Å². The highest BCUT2D eigenvalue weighted by molar-refractivity contribution is 6.31. The van der Waals surface area contributed by atoms with Gasteiger partial charge in [-0.3, -0.25) is 14.3 Å². The summed E-state index contributed by atoms with van der Waals surface area (Å²) >= 11 is 6.21. The van der Waals surface area contributed by atoms with Crippen molar-refractivity contribution in [3.8, 4) is 0 Å². The molecule has 6 nitrogen and oxygen atoms in total. The molecule has 0 saturated carbocycles. The molecular formula is C18H20ClN3O3.